The van der Waals surface area contributed by atoms with E-state index in [1.165, 1.54) is 30.4 Å². The third kappa shape index (κ3) is 1.86. The molecule has 0 saturated carbocycles. The summed E-state index contributed by atoms with van der Waals surface area (Å²) in [6, 6.07) is 6.52. The van der Waals surface area contributed by atoms with Gasteiger partial charge in [0.15, 0.2) is 0 Å². The van der Waals surface area contributed by atoms with E-state index in [4.69, 9.17) is 9.47 Å². The SMILES string of the molecule is c1cc2c(cc1O[C@H]1CCOC1)CCC2. The Kier molecular flexibility index (Phi) is 2.37. The van der Waals surface area contributed by atoms with E-state index in [1.807, 2.05) is 0 Å². The first-order chi connectivity index (χ1) is 7.42. The molecule has 0 unspecified atom stereocenters. The number of hydrogen-bond donors (Lipinski definition) is 0. The average molecular weight is 204 g/mol. The van der Waals surface area contributed by atoms with E-state index in [0.717, 1.165) is 25.4 Å². The Morgan fingerprint density at radius 2 is 2.13 bits per heavy atom. The van der Waals surface area contributed by atoms with Crippen LogP contribution in [0.4, 0.5) is 0 Å². The quantitative estimate of drug-likeness (QED) is 0.736. The lowest BCUT2D eigenvalue weighted by Crippen LogP contribution is -2.15. The standard InChI is InChI=1S/C13H16O2/c1-2-10-4-5-12(8-11(10)3-1)15-13-6-7-14-9-13/h4-5,8,13H,1-3,6-7,9H2/t13-/m0/s1. The molecule has 2 nitrogen and oxygen atoms in total. The highest BCUT2D eigenvalue weighted by Crippen LogP contribution is 2.27. The number of rotatable bonds is 2. The van der Waals surface area contributed by atoms with Gasteiger partial charge in [-0.25, -0.2) is 0 Å². The highest BCUT2D eigenvalue weighted by molar-refractivity contribution is 5.38. The van der Waals surface area contributed by atoms with Gasteiger partial charge in [0.1, 0.15) is 11.9 Å². The minimum absolute atomic E-state index is 0.268. The summed E-state index contributed by atoms with van der Waals surface area (Å²) in [4.78, 5) is 0. The second kappa shape index (κ2) is 3.86. The summed E-state index contributed by atoms with van der Waals surface area (Å²) in [7, 11) is 0. The zero-order valence-electron chi connectivity index (χ0n) is 8.87. The van der Waals surface area contributed by atoms with Crippen LogP contribution in [-0.2, 0) is 17.6 Å². The number of ether oxygens (including phenoxy) is 2. The lowest BCUT2D eigenvalue weighted by atomic mass is 10.1. The molecule has 0 amide bonds. The minimum atomic E-state index is 0.268. The summed E-state index contributed by atoms with van der Waals surface area (Å²) in [5.74, 6) is 1.02. The van der Waals surface area contributed by atoms with E-state index in [-0.39, 0.29) is 6.10 Å². The van der Waals surface area contributed by atoms with Gasteiger partial charge in [0.25, 0.3) is 0 Å². The van der Waals surface area contributed by atoms with Crippen LogP contribution in [0.5, 0.6) is 5.75 Å². The molecule has 80 valence electrons. The molecular weight excluding hydrogens is 188 g/mol. The molecule has 1 aromatic carbocycles. The summed E-state index contributed by atoms with van der Waals surface area (Å²) in [6.45, 7) is 1.59. The maximum Gasteiger partial charge on any atom is 0.124 e. The van der Waals surface area contributed by atoms with Crippen LogP contribution in [0.3, 0.4) is 0 Å². The first kappa shape index (κ1) is 9.22. The monoisotopic (exact) mass is 204 g/mol. The molecule has 1 aromatic rings. The largest absolute Gasteiger partial charge is 0.488 e. The minimum Gasteiger partial charge on any atom is -0.488 e. The van der Waals surface area contributed by atoms with Gasteiger partial charge in [0, 0.05) is 6.42 Å². The van der Waals surface area contributed by atoms with Crippen LogP contribution >= 0.6 is 0 Å². The van der Waals surface area contributed by atoms with Crippen LogP contribution < -0.4 is 4.74 Å². The molecule has 1 saturated heterocycles. The van der Waals surface area contributed by atoms with Crippen LogP contribution in [0.25, 0.3) is 0 Å². The molecule has 0 spiro atoms. The molecule has 1 atom stereocenters. The van der Waals surface area contributed by atoms with E-state index in [1.54, 1.807) is 0 Å². The van der Waals surface area contributed by atoms with Crippen molar-refractivity contribution in [2.24, 2.45) is 0 Å². The first-order valence-electron chi connectivity index (χ1n) is 5.78. The van der Waals surface area contributed by atoms with Crippen molar-refractivity contribution < 1.29 is 9.47 Å². The van der Waals surface area contributed by atoms with Gasteiger partial charge >= 0.3 is 0 Å². The Labute approximate surface area is 90.2 Å². The van der Waals surface area contributed by atoms with Crippen molar-refractivity contribution in [2.75, 3.05) is 13.2 Å². The van der Waals surface area contributed by atoms with Crippen molar-refractivity contribution in [3.8, 4) is 5.75 Å². The van der Waals surface area contributed by atoms with E-state index in [0.29, 0.717) is 0 Å². The summed E-state index contributed by atoms with van der Waals surface area (Å²) in [5, 5.41) is 0. The van der Waals surface area contributed by atoms with Gasteiger partial charge in [-0.15, -0.1) is 0 Å². The predicted octanol–water partition coefficient (Wildman–Crippen LogP) is 2.34. The average Bonchev–Trinajstić information content (AvgIpc) is 2.87. The highest BCUT2D eigenvalue weighted by atomic mass is 16.5. The fraction of sp³-hybridized carbons (Fsp3) is 0.538. The zero-order valence-corrected chi connectivity index (χ0v) is 8.87. The van der Waals surface area contributed by atoms with Crippen molar-refractivity contribution in [1.82, 2.24) is 0 Å². The normalized spacial score (nSPS) is 24.1. The predicted molar refractivity (Wildman–Crippen MR) is 58.3 cm³/mol. The van der Waals surface area contributed by atoms with Gasteiger partial charge in [-0.3, -0.25) is 0 Å². The van der Waals surface area contributed by atoms with E-state index >= 15 is 0 Å². The molecule has 0 N–H and O–H groups in total. The van der Waals surface area contributed by atoms with E-state index in [2.05, 4.69) is 18.2 Å². The molecule has 1 aliphatic heterocycles. The topological polar surface area (TPSA) is 18.5 Å². The Morgan fingerprint density at radius 3 is 3.00 bits per heavy atom. The Bertz CT molecular complexity index is 354. The summed E-state index contributed by atoms with van der Waals surface area (Å²) in [5.41, 5.74) is 2.98. The third-order valence-electron chi connectivity index (χ3n) is 3.26. The number of aryl methyl sites for hydroxylation is 2. The van der Waals surface area contributed by atoms with Crippen molar-refractivity contribution in [1.29, 1.82) is 0 Å². The van der Waals surface area contributed by atoms with Gasteiger partial charge in [0.05, 0.1) is 13.2 Å². The lowest BCUT2D eigenvalue weighted by Gasteiger charge is -2.12. The van der Waals surface area contributed by atoms with Gasteiger partial charge in [0.2, 0.25) is 0 Å². The molecule has 0 radical (unpaired) electrons. The van der Waals surface area contributed by atoms with Crippen molar-refractivity contribution >= 4 is 0 Å². The number of hydrogen-bond acceptors (Lipinski definition) is 2. The van der Waals surface area contributed by atoms with Gasteiger partial charge in [-0.1, -0.05) is 6.07 Å². The summed E-state index contributed by atoms with van der Waals surface area (Å²) >= 11 is 0. The fourth-order valence-corrected chi connectivity index (χ4v) is 2.42. The number of fused-ring (bicyclic) bond motifs is 1. The van der Waals surface area contributed by atoms with Crippen LogP contribution in [0.2, 0.25) is 0 Å². The van der Waals surface area contributed by atoms with Gasteiger partial charge < -0.3 is 9.47 Å². The van der Waals surface area contributed by atoms with Crippen LogP contribution in [-0.4, -0.2) is 19.3 Å². The maximum absolute atomic E-state index is 5.88. The summed E-state index contributed by atoms with van der Waals surface area (Å²) < 4.78 is 11.2. The lowest BCUT2D eigenvalue weighted by molar-refractivity contribution is 0.141. The van der Waals surface area contributed by atoms with Crippen molar-refractivity contribution in [2.45, 2.75) is 31.8 Å². The Hall–Kier alpha value is -1.02. The highest BCUT2D eigenvalue weighted by Gasteiger charge is 2.18. The second-order valence-electron chi connectivity index (χ2n) is 4.39. The van der Waals surface area contributed by atoms with Crippen LogP contribution in [0.15, 0.2) is 18.2 Å². The fourth-order valence-electron chi connectivity index (χ4n) is 2.42. The maximum atomic E-state index is 5.88. The molecule has 2 aliphatic rings. The first-order valence-corrected chi connectivity index (χ1v) is 5.78. The molecule has 1 heterocycles. The second-order valence-corrected chi connectivity index (χ2v) is 4.39. The van der Waals surface area contributed by atoms with Crippen molar-refractivity contribution in [3.63, 3.8) is 0 Å². The van der Waals surface area contributed by atoms with Crippen LogP contribution in [0.1, 0.15) is 24.0 Å². The molecule has 2 heteroatoms. The van der Waals surface area contributed by atoms with Crippen LogP contribution in [0, 0.1) is 0 Å². The van der Waals surface area contributed by atoms with Gasteiger partial charge in [-0.2, -0.15) is 0 Å². The third-order valence-corrected chi connectivity index (χ3v) is 3.26. The Morgan fingerprint density at radius 1 is 1.20 bits per heavy atom. The van der Waals surface area contributed by atoms with E-state index < -0.39 is 0 Å². The molecule has 3 rings (SSSR count). The molecule has 0 bridgehead atoms. The van der Waals surface area contributed by atoms with Gasteiger partial charge in [-0.05, 0) is 42.5 Å². The Balaban J connectivity index is 1.75. The molecule has 15 heavy (non-hydrogen) atoms. The zero-order chi connectivity index (χ0) is 10.1. The smallest absolute Gasteiger partial charge is 0.124 e. The number of benzene rings is 1. The van der Waals surface area contributed by atoms with E-state index in [9.17, 15) is 0 Å². The molecule has 1 fully saturated rings. The molecule has 0 aromatic heterocycles. The summed E-state index contributed by atoms with van der Waals surface area (Å²) in [6.07, 6.45) is 5.04. The van der Waals surface area contributed by atoms with Crippen molar-refractivity contribution in [3.05, 3.63) is 29.3 Å². The molecule has 1 aliphatic carbocycles. The molecular formula is C13H16O2.